The molecule has 0 atom stereocenters. The average Bonchev–Trinajstić information content (AvgIpc) is 2.72. The number of nitrogens with one attached hydrogen (secondary N) is 1. The maximum absolute atomic E-state index is 12.1. The summed E-state index contributed by atoms with van der Waals surface area (Å²) in [6.07, 6.45) is 1.52. The highest BCUT2D eigenvalue weighted by atomic mass is 16.3. The molecule has 1 aromatic heterocycles. The molecule has 6 nitrogen and oxygen atoms in total. The third-order valence-corrected chi connectivity index (χ3v) is 2.73. The number of aromatic hydroxyl groups is 1. The molecule has 2 rings (SSSR count). The van der Waals surface area contributed by atoms with Gasteiger partial charge in [0.05, 0.1) is 0 Å². The van der Waals surface area contributed by atoms with Crippen molar-refractivity contribution in [2.75, 3.05) is 5.32 Å². The van der Waals surface area contributed by atoms with E-state index in [2.05, 4.69) is 10.4 Å². The molecule has 1 amide bonds. The lowest BCUT2D eigenvalue weighted by atomic mass is 10.1. The van der Waals surface area contributed by atoms with Gasteiger partial charge in [-0.3, -0.25) is 9.48 Å². The zero-order chi connectivity index (χ0) is 14.0. The summed E-state index contributed by atoms with van der Waals surface area (Å²) >= 11 is 0. The maximum Gasteiger partial charge on any atom is 0.257 e. The third-order valence-electron chi connectivity index (χ3n) is 2.73. The molecule has 0 radical (unpaired) electrons. The smallest absolute Gasteiger partial charge is 0.257 e. The Kier molecular flexibility index (Phi) is 3.21. The summed E-state index contributed by atoms with van der Waals surface area (Å²) in [6, 6.07) is 6.64. The first-order chi connectivity index (χ1) is 9.02. The fourth-order valence-corrected chi connectivity index (χ4v) is 1.71. The van der Waals surface area contributed by atoms with Crippen molar-refractivity contribution < 1.29 is 9.90 Å². The second kappa shape index (κ2) is 4.82. The number of hydrogen-bond donors (Lipinski definition) is 2. The number of nitrogens with zero attached hydrogens (tertiary/aromatic N) is 3. The van der Waals surface area contributed by atoms with Crippen LogP contribution in [0.1, 0.15) is 21.5 Å². The molecule has 2 aromatic rings. The number of hydrogen-bond acceptors (Lipinski definition) is 4. The van der Waals surface area contributed by atoms with Crippen molar-refractivity contribution in [2.24, 2.45) is 7.05 Å². The van der Waals surface area contributed by atoms with E-state index >= 15 is 0 Å². The van der Waals surface area contributed by atoms with Gasteiger partial charge < -0.3 is 10.4 Å². The summed E-state index contributed by atoms with van der Waals surface area (Å²) < 4.78 is 1.45. The van der Waals surface area contributed by atoms with Crippen LogP contribution in [0.15, 0.2) is 24.4 Å². The second-order valence-electron chi connectivity index (χ2n) is 4.08. The Morgan fingerprint density at radius 1 is 1.53 bits per heavy atom. The molecule has 96 valence electrons. The minimum absolute atomic E-state index is 0.0502. The number of anilines is 1. The Bertz CT molecular complexity index is 682. The molecule has 0 aliphatic rings. The number of carbonyl (C=O) groups is 1. The Labute approximate surface area is 109 Å². The van der Waals surface area contributed by atoms with Gasteiger partial charge in [-0.05, 0) is 19.1 Å². The van der Waals surface area contributed by atoms with Gasteiger partial charge in [0.1, 0.15) is 17.4 Å². The van der Waals surface area contributed by atoms with E-state index in [0.29, 0.717) is 11.1 Å². The molecule has 0 saturated heterocycles. The minimum atomic E-state index is -0.413. The summed E-state index contributed by atoms with van der Waals surface area (Å²) in [7, 11) is 1.66. The summed E-state index contributed by atoms with van der Waals surface area (Å²) in [5.74, 6) is -0.157. The Morgan fingerprint density at radius 2 is 2.26 bits per heavy atom. The topological polar surface area (TPSA) is 90.9 Å². The monoisotopic (exact) mass is 256 g/mol. The van der Waals surface area contributed by atoms with Gasteiger partial charge in [-0.1, -0.05) is 6.07 Å². The quantitative estimate of drug-likeness (QED) is 0.853. The number of carbonyl (C=O) groups excluding carboxylic acids is 1. The fraction of sp³-hybridized carbons (Fsp3) is 0.154. The van der Waals surface area contributed by atoms with Crippen LogP contribution in [0.3, 0.4) is 0 Å². The average molecular weight is 256 g/mol. The van der Waals surface area contributed by atoms with Crippen molar-refractivity contribution in [3.05, 3.63) is 41.1 Å². The first-order valence-corrected chi connectivity index (χ1v) is 5.56. The molecule has 2 N–H and O–H groups in total. The molecule has 0 unspecified atom stereocenters. The van der Waals surface area contributed by atoms with Crippen LogP contribution < -0.4 is 5.32 Å². The predicted octanol–water partition coefficient (Wildman–Crippen LogP) is 1.56. The molecule has 0 bridgehead atoms. The molecular weight excluding hydrogens is 244 g/mol. The van der Waals surface area contributed by atoms with Crippen molar-refractivity contribution in [2.45, 2.75) is 6.92 Å². The lowest BCUT2D eigenvalue weighted by Gasteiger charge is -2.07. The van der Waals surface area contributed by atoms with E-state index in [1.165, 1.54) is 16.9 Å². The van der Waals surface area contributed by atoms with Gasteiger partial charge in [0.2, 0.25) is 0 Å². The largest absolute Gasteiger partial charge is 0.508 e. The first kappa shape index (κ1) is 12.6. The van der Waals surface area contributed by atoms with Crippen LogP contribution in [0.4, 0.5) is 5.82 Å². The zero-order valence-corrected chi connectivity index (χ0v) is 10.5. The Hall–Kier alpha value is -2.81. The molecule has 6 heteroatoms. The molecule has 0 fully saturated rings. The van der Waals surface area contributed by atoms with Gasteiger partial charge >= 0.3 is 0 Å². The van der Waals surface area contributed by atoms with Gasteiger partial charge in [-0.25, -0.2) is 0 Å². The van der Waals surface area contributed by atoms with E-state index in [9.17, 15) is 9.90 Å². The SMILES string of the molecule is Cc1c(O)cccc1C(=O)Nc1nn(C)cc1C#N. The molecule has 0 saturated carbocycles. The molecule has 1 aromatic carbocycles. The van der Waals surface area contributed by atoms with E-state index < -0.39 is 5.91 Å². The molecular formula is C13H12N4O2. The van der Waals surface area contributed by atoms with Crippen LogP contribution in [-0.2, 0) is 7.05 Å². The number of rotatable bonds is 2. The van der Waals surface area contributed by atoms with Gasteiger partial charge in [0.15, 0.2) is 5.82 Å². The molecule has 1 heterocycles. The lowest BCUT2D eigenvalue weighted by Crippen LogP contribution is -2.14. The van der Waals surface area contributed by atoms with Gasteiger partial charge in [0, 0.05) is 24.4 Å². The first-order valence-electron chi connectivity index (χ1n) is 5.56. The van der Waals surface area contributed by atoms with Gasteiger partial charge in [-0.15, -0.1) is 0 Å². The van der Waals surface area contributed by atoms with Crippen LogP contribution in [0.2, 0.25) is 0 Å². The summed E-state index contributed by atoms with van der Waals surface area (Å²) in [5.41, 5.74) is 1.11. The van der Waals surface area contributed by atoms with Crippen molar-refractivity contribution >= 4 is 11.7 Å². The Morgan fingerprint density at radius 3 is 2.95 bits per heavy atom. The standard InChI is InChI=1S/C13H12N4O2/c1-8-10(4-3-5-11(8)18)13(19)15-12-9(6-14)7-17(2)16-12/h3-5,7,18H,1-2H3,(H,15,16,19). The van der Waals surface area contributed by atoms with Crippen LogP contribution in [0.25, 0.3) is 0 Å². The van der Waals surface area contributed by atoms with Crippen LogP contribution >= 0.6 is 0 Å². The number of nitriles is 1. The fourth-order valence-electron chi connectivity index (χ4n) is 1.71. The summed E-state index contributed by atoms with van der Waals surface area (Å²) in [5, 5.41) is 25.0. The normalized spacial score (nSPS) is 9.95. The number of amides is 1. The molecule has 0 spiro atoms. The summed E-state index contributed by atoms with van der Waals surface area (Å²) in [4.78, 5) is 12.1. The Balaban J connectivity index is 2.31. The minimum Gasteiger partial charge on any atom is -0.508 e. The van der Waals surface area contributed by atoms with Crippen LogP contribution in [-0.4, -0.2) is 20.8 Å². The van der Waals surface area contributed by atoms with E-state index in [0.717, 1.165) is 0 Å². The number of phenols is 1. The van der Waals surface area contributed by atoms with Crippen molar-refractivity contribution in [3.63, 3.8) is 0 Å². The van der Waals surface area contributed by atoms with Crippen LogP contribution in [0.5, 0.6) is 5.75 Å². The van der Waals surface area contributed by atoms with Gasteiger partial charge in [0.25, 0.3) is 5.91 Å². The molecule has 19 heavy (non-hydrogen) atoms. The second-order valence-corrected chi connectivity index (χ2v) is 4.08. The van der Waals surface area contributed by atoms with Crippen molar-refractivity contribution in [1.82, 2.24) is 9.78 Å². The van der Waals surface area contributed by atoms with E-state index in [1.54, 1.807) is 26.1 Å². The molecule has 0 aliphatic heterocycles. The number of aromatic nitrogens is 2. The number of benzene rings is 1. The highest BCUT2D eigenvalue weighted by molar-refractivity contribution is 6.05. The van der Waals surface area contributed by atoms with Crippen molar-refractivity contribution in [3.8, 4) is 11.8 Å². The van der Waals surface area contributed by atoms with E-state index in [1.807, 2.05) is 6.07 Å². The number of aryl methyl sites for hydroxylation is 1. The third kappa shape index (κ3) is 2.40. The van der Waals surface area contributed by atoms with E-state index in [4.69, 9.17) is 5.26 Å². The zero-order valence-electron chi connectivity index (χ0n) is 10.5. The number of phenolic OH excluding ortho intramolecular Hbond substituents is 1. The van der Waals surface area contributed by atoms with E-state index in [-0.39, 0.29) is 17.1 Å². The highest BCUT2D eigenvalue weighted by Gasteiger charge is 2.15. The molecule has 0 aliphatic carbocycles. The highest BCUT2D eigenvalue weighted by Crippen LogP contribution is 2.21. The summed E-state index contributed by atoms with van der Waals surface area (Å²) in [6.45, 7) is 1.65. The predicted molar refractivity (Wildman–Crippen MR) is 68.7 cm³/mol. The van der Waals surface area contributed by atoms with Crippen molar-refractivity contribution in [1.29, 1.82) is 5.26 Å². The maximum atomic E-state index is 12.1. The lowest BCUT2D eigenvalue weighted by molar-refractivity contribution is 0.102. The van der Waals surface area contributed by atoms with Crippen LogP contribution in [0, 0.1) is 18.3 Å². The van der Waals surface area contributed by atoms with Gasteiger partial charge in [-0.2, -0.15) is 10.4 Å².